The monoisotopic (exact) mass is 450 g/mol. The molecule has 2 N–H and O–H groups in total. The third kappa shape index (κ3) is 4.57. The Kier molecular flexibility index (Phi) is 6.65. The molecule has 3 aromatic rings. The number of hydrogen-bond donors (Lipinski definition) is 2. The third-order valence-corrected chi connectivity index (χ3v) is 5.89. The number of nitrogens with one attached hydrogen (secondary N) is 1. The SMILES string of the molecule is CNc1cc(-c2nc(-c3cccc4c3CCC4N(CCO)C(C)=O)no2)ccc1OC(C)C. The van der Waals surface area contributed by atoms with E-state index in [1.165, 1.54) is 0 Å². The molecule has 1 aromatic heterocycles. The van der Waals surface area contributed by atoms with Crippen molar-refractivity contribution in [3.05, 3.63) is 47.5 Å². The third-order valence-electron chi connectivity index (χ3n) is 5.89. The fourth-order valence-corrected chi connectivity index (χ4v) is 4.47. The largest absolute Gasteiger partial charge is 0.489 e. The normalized spacial score (nSPS) is 14.9. The van der Waals surface area contributed by atoms with E-state index in [1.807, 2.05) is 57.3 Å². The van der Waals surface area contributed by atoms with Crippen LogP contribution in [-0.4, -0.2) is 52.4 Å². The number of fused-ring (bicyclic) bond motifs is 1. The number of hydrogen-bond acceptors (Lipinski definition) is 7. The molecule has 8 heteroatoms. The Morgan fingerprint density at radius 2 is 2.15 bits per heavy atom. The number of nitrogens with zero attached hydrogens (tertiary/aromatic N) is 3. The van der Waals surface area contributed by atoms with E-state index in [0.29, 0.717) is 18.3 Å². The molecule has 1 aliphatic rings. The number of benzene rings is 2. The molecule has 1 amide bonds. The van der Waals surface area contributed by atoms with E-state index < -0.39 is 0 Å². The fraction of sp³-hybridized carbons (Fsp3) is 0.400. The maximum atomic E-state index is 12.1. The molecule has 0 aliphatic heterocycles. The highest BCUT2D eigenvalue weighted by molar-refractivity contribution is 5.75. The van der Waals surface area contributed by atoms with Crippen LogP contribution in [0.15, 0.2) is 40.9 Å². The van der Waals surface area contributed by atoms with Gasteiger partial charge in [-0.1, -0.05) is 23.4 Å². The van der Waals surface area contributed by atoms with Crippen LogP contribution in [0.25, 0.3) is 22.8 Å². The summed E-state index contributed by atoms with van der Waals surface area (Å²) in [5, 5.41) is 16.8. The summed E-state index contributed by atoms with van der Waals surface area (Å²) >= 11 is 0. The van der Waals surface area contributed by atoms with E-state index in [0.717, 1.165) is 46.5 Å². The number of amides is 1. The zero-order valence-corrected chi connectivity index (χ0v) is 19.5. The summed E-state index contributed by atoms with van der Waals surface area (Å²) in [5.74, 6) is 1.67. The Morgan fingerprint density at radius 1 is 1.33 bits per heavy atom. The van der Waals surface area contributed by atoms with Crippen molar-refractivity contribution in [2.75, 3.05) is 25.5 Å². The molecule has 0 radical (unpaired) electrons. The van der Waals surface area contributed by atoms with E-state index in [1.54, 1.807) is 11.8 Å². The maximum Gasteiger partial charge on any atom is 0.258 e. The van der Waals surface area contributed by atoms with Crippen molar-refractivity contribution in [2.24, 2.45) is 0 Å². The zero-order chi connectivity index (χ0) is 23.5. The first-order valence-corrected chi connectivity index (χ1v) is 11.3. The minimum Gasteiger partial charge on any atom is -0.489 e. The lowest BCUT2D eigenvalue weighted by Crippen LogP contribution is -2.34. The Balaban J connectivity index is 1.65. The average Bonchev–Trinajstić information content (AvgIpc) is 3.45. The molecule has 1 aliphatic carbocycles. The van der Waals surface area contributed by atoms with Crippen LogP contribution in [0.4, 0.5) is 5.69 Å². The second kappa shape index (κ2) is 9.62. The Morgan fingerprint density at radius 3 is 2.85 bits per heavy atom. The van der Waals surface area contributed by atoms with Crippen LogP contribution in [0, 0.1) is 0 Å². The lowest BCUT2D eigenvalue weighted by atomic mass is 10.0. The molecule has 1 heterocycles. The van der Waals surface area contributed by atoms with Gasteiger partial charge in [-0.05, 0) is 56.0 Å². The Bertz CT molecular complexity index is 1140. The number of rotatable bonds is 8. The molecule has 0 fully saturated rings. The van der Waals surface area contributed by atoms with Crippen molar-refractivity contribution in [2.45, 2.75) is 45.8 Å². The Hall–Kier alpha value is -3.39. The fourth-order valence-electron chi connectivity index (χ4n) is 4.47. The van der Waals surface area contributed by atoms with Gasteiger partial charge in [0.15, 0.2) is 0 Å². The molecule has 0 saturated heterocycles. The first-order valence-electron chi connectivity index (χ1n) is 11.3. The van der Waals surface area contributed by atoms with Crippen LogP contribution in [0.5, 0.6) is 5.75 Å². The number of carbonyl (C=O) groups is 1. The number of aromatic nitrogens is 2. The molecular weight excluding hydrogens is 420 g/mol. The van der Waals surface area contributed by atoms with E-state index in [2.05, 4.69) is 15.5 Å². The summed E-state index contributed by atoms with van der Waals surface area (Å²) in [4.78, 5) is 18.5. The van der Waals surface area contributed by atoms with Crippen molar-refractivity contribution >= 4 is 11.6 Å². The Labute approximate surface area is 193 Å². The van der Waals surface area contributed by atoms with Gasteiger partial charge in [-0.2, -0.15) is 4.98 Å². The van der Waals surface area contributed by atoms with Gasteiger partial charge >= 0.3 is 0 Å². The van der Waals surface area contributed by atoms with Crippen LogP contribution in [0.3, 0.4) is 0 Å². The molecule has 8 nitrogen and oxygen atoms in total. The van der Waals surface area contributed by atoms with E-state index in [9.17, 15) is 9.90 Å². The lowest BCUT2D eigenvalue weighted by Gasteiger charge is -2.28. The first-order chi connectivity index (χ1) is 15.9. The summed E-state index contributed by atoms with van der Waals surface area (Å²) in [6.45, 7) is 5.77. The smallest absolute Gasteiger partial charge is 0.258 e. The van der Waals surface area contributed by atoms with Gasteiger partial charge in [0.1, 0.15) is 5.75 Å². The zero-order valence-electron chi connectivity index (χ0n) is 19.5. The van der Waals surface area contributed by atoms with Crippen molar-refractivity contribution in [1.29, 1.82) is 0 Å². The molecular formula is C25H30N4O4. The van der Waals surface area contributed by atoms with Gasteiger partial charge in [-0.15, -0.1) is 0 Å². The summed E-state index contributed by atoms with van der Waals surface area (Å²) in [7, 11) is 1.84. The predicted molar refractivity (Wildman–Crippen MR) is 126 cm³/mol. The van der Waals surface area contributed by atoms with Crippen LogP contribution < -0.4 is 10.1 Å². The van der Waals surface area contributed by atoms with Gasteiger partial charge < -0.3 is 24.6 Å². The summed E-state index contributed by atoms with van der Waals surface area (Å²) < 4.78 is 11.5. The minimum atomic E-state index is -0.0606. The van der Waals surface area contributed by atoms with Crippen LogP contribution >= 0.6 is 0 Å². The van der Waals surface area contributed by atoms with Gasteiger partial charge in [0.05, 0.1) is 24.4 Å². The van der Waals surface area contributed by atoms with Gasteiger partial charge in [-0.25, -0.2) is 0 Å². The van der Waals surface area contributed by atoms with E-state index in [4.69, 9.17) is 9.26 Å². The second-order valence-electron chi connectivity index (χ2n) is 8.41. The van der Waals surface area contributed by atoms with Gasteiger partial charge in [0, 0.05) is 31.6 Å². The highest BCUT2D eigenvalue weighted by atomic mass is 16.5. The highest BCUT2D eigenvalue weighted by Gasteiger charge is 2.31. The van der Waals surface area contributed by atoms with E-state index >= 15 is 0 Å². The molecule has 2 aromatic carbocycles. The van der Waals surface area contributed by atoms with Crippen molar-refractivity contribution in [3.8, 4) is 28.6 Å². The van der Waals surface area contributed by atoms with Gasteiger partial charge in [0.2, 0.25) is 11.7 Å². The number of aliphatic hydroxyl groups is 1. The number of ether oxygens (including phenoxy) is 1. The molecule has 0 saturated carbocycles. The highest BCUT2D eigenvalue weighted by Crippen LogP contribution is 2.40. The number of anilines is 1. The van der Waals surface area contributed by atoms with Crippen molar-refractivity contribution < 1.29 is 19.2 Å². The van der Waals surface area contributed by atoms with Gasteiger partial charge in [-0.3, -0.25) is 4.79 Å². The topological polar surface area (TPSA) is 101 Å². The minimum absolute atomic E-state index is 0.0422. The average molecular weight is 451 g/mol. The summed E-state index contributed by atoms with van der Waals surface area (Å²) in [6, 6.07) is 11.7. The maximum absolute atomic E-state index is 12.1. The van der Waals surface area contributed by atoms with Crippen LogP contribution in [0.2, 0.25) is 0 Å². The van der Waals surface area contributed by atoms with Crippen molar-refractivity contribution in [1.82, 2.24) is 15.0 Å². The van der Waals surface area contributed by atoms with Crippen LogP contribution in [-0.2, 0) is 11.2 Å². The molecule has 0 spiro atoms. The second-order valence-corrected chi connectivity index (χ2v) is 8.41. The first kappa shape index (κ1) is 22.8. The lowest BCUT2D eigenvalue weighted by molar-refractivity contribution is -0.131. The van der Waals surface area contributed by atoms with Crippen molar-refractivity contribution in [3.63, 3.8) is 0 Å². The molecule has 0 bridgehead atoms. The number of aliphatic hydroxyl groups excluding tert-OH is 1. The molecule has 4 rings (SSSR count). The molecule has 33 heavy (non-hydrogen) atoms. The molecule has 174 valence electrons. The number of carbonyl (C=O) groups excluding carboxylic acids is 1. The predicted octanol–water partition coefficient (Wildman–Crippen LogP) is 4.06. The quantitative estimate of drug-likeness (QED) is 0.534. The molecule has 1 atom stereocenters. The summed E-state index contributed by atoms with van der Waals surface area (Å²) in [6.07, 6.45) is 1.68. The summed E-state index contributed by atoms with van der Waals surface area (Å²) in [5.41, 5.74) is 4.75. The van der Waals surface area contributed by atoms with E-state index in [-0.39, 0.29) is 24.7 Å². The standard InChI is InChI=1S/C25H30N4O4/c1-15(2)32-23-11-8-17(14-21(23)26-4)25-27-24(28-33-25)20-7-5-6-19-18(20)9-10-22(19)29(12-13-30)16(3)31/h5-8,11,14-15,22,26,30H,9-10,12-13H2,1-4H3. The van der Waals surface area contributed by atoms with Crippen LogP contribution in [0.1, 0.15) is 44.4 Å². The van der Waals surface area contributed by atoms with Gasteiger partial charge in [0.25, 0.3) is 5.89 Å². The molecule has 1 unspecified atom stereocenters.